The first-order valence-electron chi connectivity index (χ1n) is 8.72. The number of ketones is 1. The molecule has 0 aliphatic carbocycles. The molecule has 146 valence electrons. The number of ether oxygens (including phenoxy) is 1. The molecule has 0 bridgehead atoms. The third-order valence-electron chi connectivity index (χ3n) is 4.81. The Balaban J connectivity index is 1.99. The van der Waals surface area contributed by atoms with Gasteiger partial charge in [-0.3, -0.25) is 19.7 Å². The van der Waals surface area contributed by atoms with E-state index in [2.05, 4.69) is 0 Å². The predicted molar refractivity (Wildman–Crippen MR) is 102 cm³/mol. The number of nitrogens with zero attached hydrogens (tertiary/aromatic N) is 2. The summed E-state index contributed by atoms with van der Waals surface area (Å²) in [7, 11) is 1.29. The minimum atomic E-state index is -2.02. The van der Waals surface area contributed by atoms with Gasteiger partial charge in [-0.05, 0) is 32.0 Å². The highest BCUT2D eigenvalue weighted by Gasteiger charge is 2.51. The fourth-order valence-electron chi connectivity index (χ4n) is 3.48. The van der Waals surface area contributed by atoms with Gasteiger partial charge in [0, 0.05) is 23.2 Å². The summed E-state index contributed by atoms with van der Waals surface area (Å²) in [6, 6.07) is 10.3. The minimum absolute atomic E-state index is 0.0218. The van der Waals surface area contributed by atoms with Gasteiger partial charge in [-0.25, -0.2) is 0 Å². The molecule has 28 heavy (non-hydrogen) atoms. The standard InChI is InChI=1S/C20H20N2O6/c1-12(2)21-15-7-5-4-6-14(15)20(25,19(21)24)11-17(23)13-8-9-18(28-3)16(10-13)22(26)27/h4-10,12,25H,11H2,1-3H3/t20-/m1/s1. The van der Waals surface area contributed by atoms with Gasteiger partial charge in [0.05, 0.1) is 24.1 Å². The van der Waals surface area contributed by atoms with Crippen LogP contribution in [0.25, 0.3) is 0 Å². The number of aliphatic hydroxyl groups is 1. The van der Waals surface area contributed by atoms with Crippen molar-refractivity contribution in [3.8, 4) is 5.75 Å². The van der Waals surface area contributed by atoms with Gasteiger partial charge >= 0.3 is 5.69 Å². The van der Waals surface area contributed by atoms with E-state index in [1.165, 1.54) is 24.1 Å². The van der Waals surface area contributed by atoms with Crippen LogP contribution in [-0.2, 0) is 10.4 Å². The van der Waals surface area contributed by atoms with E-state index < -0.39 is 28.6 Å². The van der Waals surface area contributed by atoms with Crippen LogP contribution in [0.15, 0.2) is 42.5 Å². The second kappa shape index (κ2) is 7.05. The van der Waals surface area contributed by atoms with E-state index in [0.29, 0.717) is 11.3 Å². The van der Waals surface area contributed by atoms with Crippen molar-refractivity contribution in [2.24, 2.45) is 0 Å². The summed E-state index contributed by atoms with van der Waals surface area (Å²) < 4.78 is 4.94. The number of carbonyl (C=O) groups is 2. The molecule has 0 radical (unpaired) electrons. The molecule has 2 aromatic carbocycles. The van der Waals surface area contributed by atoms with Gasteiger partial charge in [-0.2, -0.15) is 0 Å². The van der Waals surface area contributed by atoms with Gasteiger partial charge in [-0.1, -0.05) is 18.2 Å². The molecule has 1 aliphatic heterocycles. The van der Waals surface area contributed by atoms with Gasteiger partial charge in [0.1, 0.15) is 0 Å². The second-order valence-electron chi connectivity index (χ2n) is 6.89. The number of nitro groups is 1. The van der Waals surface area contributed by atoms with Crippen molar-refractivity contribution in [1.29, 1.82) is 0 Å². The number of para-hydroxylation sites is 1. The zero-order valence-corrected chi connectivity index (χ0v) is 15.7. The number of carbonyl (C=O) groups excluding carboxylic acids is 2. The van der Waals surface area contributed by atoms with Crippen LogP contribution in [0.2, 0.25) is 0 Å². The van der Waals surface area contributed by atoms with Crippen LogP contribution in [0, 0.1) is 10.1 Å². The number of anilines is 1. The summed E-state index contributed by atoms with van der Waals surface area (Å²) in [5, 5.41) is 22.4. The molecule has 0 saturated heterocycles. The number of benzene rings is 2. The zero-order chi connectivity index (χ0) is 20.6. The largest absolute Gasteiger partial charge is 0.490 e. The van der Waals surface area contributed by atoms with Crippen LogP contribution in [0.5, 0.6) is 5.75 Å². The maximum atomic E-state index is 13.0. The summed E-state index contributed by atoms with van der Waals surface area (Å²) >= 11 is 0. The van der Waals surface area contributed by atoms with Crippen LogP contribution in [-0.4, -0.2) is 34.9 Å². The Morgan fingerprint density at radius 2 is 1.96 bits per heavy atom. The fraction of sp³-hybridized carbons (Fsp3) is 0.300. The smallest absolute Gasteiger partial charge is 0.311 e. The number of methoxy groups -OCH3 is 1. The van der Waals surface area contributed by atoms with Gasteiger partial charge in [0.2, 0.25) is 0 Å². The molecule has 0 aromatic heterocycles. The third kappa shape index (κ3) is 3.01. The fourth-order valence-corrected chi connectivity index (χ4v) is 3.48. The molecule has 8 heteroatoms. The topological polar surface area (TPSA) is 110 Å². The first-order valence-corrected chi connectivity index (χ1v) is 8.72. The highest BCUT2D eigenvalue weighted by atomic mass is 16.6. The van der Waals surface area contributed by atoms with Crippen molar-refractivity contribution in [3.05, 3.63) is 63.7 Å². The SMILES string of the molecule is COc1ccc(C(=O)C[C@]2(O)C(=O)N(C(C)C)c3ccccc32)cc1[N+](=O)[O-]. The first-order chi connectivity index (χ1) is 13.2. The molecule has 0 spiro atoms. The summed E-state index contributed by atoms with van der Waals surface area (Å²) in [4.78, 5) is 37.8. The van der Waals surface area contributed by atoms with E-state index in [0.717, 1.165) is 6.07 Å². The van der Waals surface area contributed by atoms with E-state index in [1.807, 2.05) is 13.8 Å². The van der Waals surface area contributed by atoms with E-state index in [9.17, 15) is 24.8 Å². The molecule has 1 N–H and O–H groups in total. The molecule has 1 heterocycles. The maximum absolute atomic E-state index is 13.0. The van der Waals surface area contributed by atoms with Gasteiger partial charge in [0.15, 0.2) is 17.1 Å². The summed E-state index contributed by atoms with van der Waals surface area (Å²) in [5.41, 5.74) is -1.45. The molecule has 1 aliphatic rings. The van der Waals surface area contributed by atoms with E-state index in [-0.39, 0.29) is 23.0 Å². The van der Waals surface area contributed by atoms with Crippen molar-refractivity contribution >= 4 is 23.1 Å². The highest BCUT2D eigenvalue weighted by Crippen LogP contribution is 2.44. The van der Waals surface area contributed by atoms with Crippen LogP contribution in [0.1, 0.15) is 36.2 Å². The van der Waals surface area contributed by atoms with E-state index >= 15 is 0 Å². The number of amides is 1. The molecule has 2 aromatic rings. The minimum Gasteiger partial charge on any atom is -0.490 e. The van der Waals surface area contributed by atoms with Crippen molar-refractivity contribution in [3.63, 3.8) is 0 Å². The average molecular weight is 384 g/mol. The van der Waals surface area contributed by atoms with Crippen molar-refractivity contribution < 1.29 is 24.4 Å². The Hall–Kier alpha value is -3.26. The lowest BCUT2D eigenvalue weighted by molar-refractivity contribution is -0.385. The van der Waals surface area contributed by atoms with Crippen molar-refractivity contribution in [2.75, 3.05) is 12.0 Å². The molecule has 3 rings (SSSR count). The lowest BCUT2D eigenvalue weighted by Crippen LogP contribution is -2.44. The normalized spacial score (nSPS) is 18.3. The number of hydrogen-bond acceptors (Lipinski definition) is 6. The quantitative estimate of drug-likeness (QED) is 0.466. The number of rotatable bonds is 6. The van der Waals surface area contributed by atoms with Crippen LogP contribution in [0.4, 0.5) is 11.4 Å². The highest BCUT2D eigenvalue weighted by molar-refractivity contribution is 6.11. The number of fused-ring (bicyclic) bond motifs is 1. The molecule has 0 saturated carbocycles. The Morgan fingerprint density at radius 3 is 2.57 bits per heavy atom. The number of hydrogen-bond donors (Lipinski definition) is 1. The Labute approximate surface area is 161 Å². The Morgan fingerprint density at radius 1 is 1.29 bits per heavy atom. The number of nitro benzene ring substituents is 1. The molecule has 0 fully saturated rings. The molecule has 0 unspecified atom stereocenters. The van der Waals surface area contributed by atoms with Crippen LogP contribution < -0.4 is 9.64 Å². The third-order valence-corrected chi connectivity index (χ3v) is 4.81. The van der Waals surface area contributed by atoms with Crippen LogP contribution >= 0.6 is 0 Å². The average Bonchev–Trinajstić information content (AvgIpc) is 2.88. The van der Waals surface area contributed by atoms with Gasteiger partial charge in [0.25, 0.3) is 5.91 Å². The summed E-state index contributed by atoms with van der Waals surface area (Å²) in [6.45, 7) is 3.63. The van der Waals surface area contributed by atoms with Crippen molar-refractivity contribution in [1.82, 2.24) is 0 Å². The molecular formula is C20H20N2O6. The molecular weight excluding hydrogens is 364 g/mol. The maximum Gasteiger partial charge on any atom is 0.311 e. The summed E-state index contributed by atoms with van der Waals surface area (Å²) in [5.74, 6) is -1.14. The zero-order valence-electron chi connectivity index (χ0n) is 15.7. The Kier molecular flexibility index (Phi) is 4.91. The monoisotopic (exact) mass is 384 g/mol. The molecule has 1 amide bonds. The van der Waals surface area contributed by atoms with Gasteiger partial charge < -0.3 is 14.7 Å². The van der Waals surface area contributed by atoms with Gasteiger partial charge in [-0.15, -0.1) is 0 Å². The van der Waals surface area contributed by atoms with E-state index in [1.54, 1.807) is 24.3 Å². The second-order valence-corrected chi connectivity index (χ2v) is 6.89. The Bertz CT molecular complexity index is 971. The lowest BCUT2D eigenvalue weighted by atomic mass is 9.88. The number of Topliss-reactive ketones (excluding diaryl/α,β-unsaturated/α-hetero) is 1. The van der Waals surface area contributed by atoms with Crippen molar-refractivity contribution in [2.45, 2.75) is 31.9 Å². The predicted octanol–water partition coefficient (Wildman–Crippen LogP) is 2.82. The van der Waals surface area contributed by atoms with Crippen LogP contribution in [0.3, 0.4) is 0 Å². The summed E-state index contributed by atoms with van der Waals surface area (Å²) in [6.07, 6.45) is -0.518. The molecule has 8 nitrogen and oxygen atoms in total. The lowest BCUT2D eigenvalue weighted by Gasteiger charge is -2.25. The first kappa shape index (κ1) is 19.5. The molecule has 1 atom stereocenters. The van der Waals surface area contributed by atoms with E-state index in [4.69, 9.17) is 4.74 Å².